The van der Waals surface area contributed by atoms with Crippen molar-refractivity contribution in [2.75, 3.05) is 25.0 Å². The molecule has 5 heteroatoms. The number of nitriles is 1. The van der Waals surface area contributed by atoms with Gasteiger partial charge in [0.25, 0.3) is 5.91 Å². The summed E-state index contributed by atoms with van der Waals surface area (Å²) in [4.78, 5) is 14.7. The third kappa shape index (κ3) is 4.66. The number of carbonyl (C=O) groups is 1. The van der Waals surface area contributed by atoms with Gasteiger partial charge in [0.2, 0.25) is 0 Å². The van der Waals surface area contributed by atoms with E-state index >= 15 is 0 Å². The number of amides is 1. The Morgan fingerprint density at radius 1 is 1.32 bits per heavy atom. The van der Waals surface area contributed by atoms with Crippen LogP contribution in [0.1, 0.15) is 28.4 Å². The molecular formula is C20H21N3O2. The van der Waals surface area contributed by atoms with E-state index in [9.17, 15) is 4.79 Å². The number of nitrogens with one attached hydrogen (secondary N) is 1. The highest BCUT2D eigenvalue weighted by atomic mass is 16.5. The lowest BCUT2D eigenvalue weighted by atomic mass is 10.1. The molecule has 0 aromatic heterocycles. The molecule has 1 N–H and O–H groups in total. The van der Waals surface area contributed by atoms with Crippen molar-refractivity contribution in [1.82, 2.24) is 4.90 Å². The number of hydrogen-bond acceptors (Lipinski definition) is 4. The third-order valence-corrected chi connectivity index (χ3v) is 4.20. The lowest BCUT2D eigenvalue weighted by molar-refractivity contribution is -0.0212. The second kappa shape index (κ2) is 7.93. The van der Waals surface area contributed by atoms with E-state index in [4.69, 9.17) is 10.00 Å². The van der Waals surface area contributed by atoms with Crippen LogP contribution in [0.3, 0.4) is 0 Å². The Morgan fingerprint density at radius 2 is 2.12 bits per heavy atom. The van der Waals surface area contributed by atoms with Crippen LogP contribution in [0.2, 0.25) is 0 Å². The SMILES string of the molecule is C[C@@H]1CN(Cc2ccc(C(=O)Nc3cccc(C#N)c3)cc2)CCO1. The van der Waals surface area contributed by atoms with Crippen molar-refractivity contribution in [1.29, 1.82) is 5.26 Å². The molecule has 1 atom stereocenters. The molecule has 0 radical (unpaired) electrons. The van der Waals surface area contributed by atoms with Crippen LogP contribution in [-0.2, 0) is 11.3 Å². The van der Waals surface area contributed by atoms with Gasteiger partial charge in [-0.05, 0) is 42.8 Å². The monoisotopic (exact) mass is 335 g/mol. The van der Waals surface area contributed by atoms with Gasteiger partial charge in [-0.15, -0.1) is 0 Å². The summed E-state index contributed by atoms with van der Waals surface area (Å²) in [5.41, 5.74) is 2.92. The van der Waals surface area contributed by atoms with Gasteiger partial charge in [-0.3, -0.25) is 9.69 Å². The molecule has 128 valence electrons. The molecule has 0 aliphatic carbocycles. The highest BCUT2D eigenvalue weighted by molar-refractivity contribution is 6.04. The Labute approximate surface area is 147 Å². The number of morpholine rings is 1. The molecule has 2 aromatic carbocycles. The average molecular weight is 335 g/mol. The van der Waals surface area contributed by atoms with Crippen LogP contribution in [-0.4, -0.2) is 36.6 Å². The van der Waals surface area contributed by atoms with Gasteiger partial charge in [-0.25, -0.2) is 0 Å². The van der Waals surface area contributed by atoms with Crippen molar-refractivity contribution in [2.24, 2.45) is 0 Å². The van der Waals surface area contributed by atoms with Crippen molar-refractivity contribution in [3.63, 3.8) is 0 Å². The van der Waals surface area contributed by atoms with Crippen LogP contribution in [0.5, 0.6) is 0 Å². The molecule has 1 aliphatic heterocycles. The predicted molar refractivity (Wildman–Crippen MR) is 96.2 cm³/mol. The van der Waals surface area contributed by atoms with Gasteiger partial charge in [0, 0.05) is 30.9 Å². The Kier molecular flexibility index (Phi) is 5.44. The first-order valence-corrected chi connectivity index (χ1v) is 8.38. The van der Waals surface area contributed by atoms with E-state index in [1.54, 1.807) is 24.3 Å². The maximum atomic E-state index is 12.3. The molecule has 1 heterocycles. The van der Waals surface area contributed by atoms with Crippen LogP contribution in [0.25, 0.3) is 0 Å². The van der Waals surface area contributed by atoms with Crippen molar-refractivity contribution < 1.29 is 9.53 Å². The van der Waals surface area contributed by atoms with E-state index in [0.717, 1.165) is 26.2 Å². The maximum absolute atomic E-state index is 12.3. The molecule has 3 rings (SSSR count). The summed E-state index contributed by atoms with van der Waals surface area (Å²) in [6.45, 7) is 5.57. The van der Waals surface area contributed by atoms with E-state index in [0.29, 0.717) is 16.8 Å². The van der Waals surface area contributed by atoms with Crippen molar-refractivity contribution in [3.05, 3.63) is 65.2 Å². The summed E-state index contributed by atoms with van der Waals surface area (Å²) < 4.78 is 5.55. The molecule has 1 amide bonds. The fourth-order valence-corrected chi connectivity index (χ4v) is 2.92. The van der Waals surface area contributed by atoms with Gasteiger partial charge in [-0.1, -0.05) is 18.2 Å². The van der Waals surface area contributed by atoms with E-state index in [1.165, 1.54) is 5.56 Å². The summed E-state index contributed by atoms with van der Waals surface area (Å²) in [6.07, 6.45) is 0.267. The lowest BCUT2D eigenvalue weighted by Gasteiger charge is -2.31. The zero-order chi connectivity index (χ0) is 17.6. The van der Waals surface area contributed by atoms with Crippen LogP contribution in [0, 0.1) is 11.3 Å². The molecule has 2 aromatic rings. The zero-order valence-corrected chi connectivity index (χ0v) is 14.2. The molecule has 1 saturated heterocycles. The Balaban J connectivity index is 1.61. The van der Waals surface area contributed by atoms with Gasteiger partial charge >= 0.3 is 0 Å². The molecule has 5 nitrogen and oxygen atoms in total. The first-order valence-electron chi connectivity index (χ1n) is 8.38. The normalized spacial score (nSPS) is 17.7. The largest absolute Gasteiger partial charge is 0.376 e. The molecule has 0 spiro atoms. The standard InChI is InChI=1S/C20H21N3O2/c1-15-13-23(9-10-25-15)14-16-5-7-18(8-6-16)20(24)22-19-4-2-3-17(11-19)12-21/h2-8,11,15H,9-10,13-14H2,1H3,(H,22,24)/t15-/m1/s1. The van der Waals surface area contributed by atoms with E-state index in [2.05, 4.69) is 23.2 Å². The van der Waals surface area contributed by atoms with Gasteiger partial charge in [0.15, 0.2) is 0 Å². The first-order chi connectivity index (χ1) is 12.1. The van der Waals surface area contributed by atoms with Crippen molar-refractivity contribution in [2.45, 2.75) is 19.6 Å². The molecule has 1 aliphatic rings. The van der Waals surface area contributed by atoms with Crippen LogP contribution >= 0.6 is 0 Å². The van der Waals surface area contributed by atoms with Crippen LogP contribution < -0.4 is 5.32 Å². The number of carbonyl (C=O) groups excluding carboxylic acids is 1. The minimum atomic E-state index is -0.179. The molecular weight excluding hydrogens is 314 g/mol. The molecule has 0 saturated carbocycles. The second-order valence-electron chi connectivity index (χ2n) is 6.26. The predicted octanol–water partition coefficient (Wildman–Crippen LogP) is 3.03. The first kappa shape index (κ1) is 17.2. The van der Waals surface area contributed by atoms with Gasteiger partial charge in [0.05, 0.1) is 24.3 Å². The fraction of sp³-hybridized carbons (Fsp3) is 0.300. The Hall–Kier alpha value is -2.68. The molecule has 1 fully saturated rings. The van der Waals surface area contributed by atoms with Gasteiger partial charge < -0.3 is 10.1 Å². The van der Waals surface area contributed by atoms with Crippen molar-refractivity contribution >= 4 is 11.6 Å². The number of nitrogens with zero attached hydrogens (tertiary/aromatic N) is 2. The molecule has 0 bridgehead atoms. The van der Waals surface area contributed by atoms with Crippen LogP contribution in [0.4, 0.5) is 5.69 Å². The number of ether oxygens (including phenoxy) is 1. The highest BCUT2D eigenvalue weighted by Gasteiger charge is 2.16. The summed E-state index contributed by atoms with van der Waals surface area (Å²) in [7, 11) is 0. The van der Waals surface area contributed by atoms with E-state index in [-0.39, 0.29) is 12.0 Å². The highest BCUT2D eigenvalue weighted by Crippen LogP contribution is 2.14. The Bertz CT molecular complexity index is 780. The van der Waals surface area contributed by atoms with E-state index in [1.807, 2.05) is 24.3 Å². The summed E-state index contributed by atoms with van der Waals surface area (Å²) in [5, 5.41) is 11.7. The number of anilines is 1. The van der Waals surface area contributed by atoms with Crippen molar-refractivity contribution in [3.8, 4) is 6.07 Å². The van der Waals surface area contributed by atoms with Gasteiger partial charge in [0.1, 0.15) is 0 Å². The smallest absolute Gasteiger partial charge is 0.255 e. The van der Waals surface area contributed by atoms with Gasteiger partial charge in [-0.2, -0.15) is 5.26 Å². The number of benzene rings is 2. The summed E-state index contributed by atoms with van der Waals surface area (Å²) >= 11 is 0. The molecule has 25 heavy (non-hydrogen) atoms. The maximum Gasteiger partial charge on any atom is 0.255 e. The average Bonchev–Trinajstić information content (AvgIpc) is 2.62. The topological polar surface area (TPSA) is 65.4 Å². The molecule has 0 unspecified atom stereocenters. The Morgan fingerprint density at radius 3 is 2.84 bits per heavy atom. The third-order valence-electron chi connectivity index (χ3n) is 4.20. The minimum Gasteiger partial charge on any atom is -0.376 e. The number of rotatable bonds is 4. The summed E-state index contributed by atoms with van der Waals surface area (Å²) in [5.74, 6) is -0.179. The minimum absolute atomic E-state index is 0.179. The second-order valence-corrected chi connectivity index (χ2v) is 6.26. The quantitative estimate of drug-likeness (QED) is 0.933. The number of hydrogen-bond donors (Lipinski definition) is 1. The van der Waals surface area contributed by atoms with Crippen LogP contribution in [0.15, 0.2) is 48.5 Å². The van der Waals surface area contributed by atoms with E-state index < -0.39 is 0 Å². The lowest BCUT2D eigenvalue weighted by Crippen LogP contribution is -2.40. The summed E-state index contributed by atoms with van der Waals surface area (Å²) in [6, 6.07) is 16.6. The zero-order valence-electron chi connectivity index (χ0n) is 14.2. The fourth-order valence-electron chi connectivity index (χ4n) is 2.92.